The molecule has 0 aliphatic heterocycles. The van der Waals surface area contributed by atoms with Crippen LogP contribution in [0.15, 0.2) is 48.5 Å². The fraction of sp³-hybridized carbons (Fsp3) is 0.182. The van der Waals surface area contributed by atoms with Crippen LogP contribution in [0.3, 0.4) is 0 Å². The Labute approximate surface area is 167 Å². The van der Waals surface area contributed by atoms with Crippen LogP contribution in [0.2, 0.25) is 0 Å². The number of hydrogen-bond donors (Lipinski definition) is 1. The van der Waals surface area contributed by atoms with E-state index in [1.807, 2.05) is 0 Å². The molecule has 0 unspecified atom stereocenters. The molecule has 0 atom stereocenters. The van der Waals surface area contributed by atoms with Crippen molar-refractivity contribution in [2.75, 3.05) is 7.11 Å². The molecule has 1 N–H and O–H groups in total. The van der Waals surface area contributed by atoms with Gasteiger partial charge in [0.2, 0.25) is 0 Å². The minimum atomic E-state index is -0.591. The minimum absolute atomic E-state index is 0.00123. The number of H-pyrrole nitrogens is 1. The number of methoxy groups -OCH3 is 1. The Balaban J connectivity index is 2.09. The topological polar surface area (TPSA) is 102 Å². The highest BCUT2D eigenvalue weighted by molar-refractivity contribution is 6.16. The number of nitrogens with one attached hydrogen (secondary N) is 1. The summed E-state index contributed by atoms with van der Waals surface area (Å²) in [6.45, 7) is 3.42. The lowest BCUT2D eigenvalue weighted by molar-refractivity contribution is -0.385. The monoisotopic (exact) mass is 392 g/mol. The molecule has 2 aromatic carbocycles. The van der Waals surface area contributed by atoms with E-state index in [0.717, 1.165) is 0 Å². The Morgan fingerprint density at radius 1 is 0.966 bits per heavy atom. The molecule has 7 nitrogen and oxygen atoms in total. The number of nitro benzene ring substituents is 1. The maximum atomic E-state index is 13.4. The van der Waals surface area contributed by atoms with E-state index in [-0.39, 0.29) is 29.0 Å². The number of benzene rings is 2. The Morgan fingerprint density at radius 3 is 2.21 bits per heavy atom. The Morgan fingerprint density at radius 2 is 1.55 bits per heavy atom. The first-order valence-corrected chi connectivity index (χ1v) is 8.97. The highest BCUT2D eigenvalue weighted by Gasteiger charge is 2.27. The molecule has 0 bridgehead atoms. The van der Waals surface area contributed by atoms with Crippen LogP contribution in [0.25, 0.3) is 0 Å². The third kappa shape index (κ3) is 3.80. The highest BCUT2D eigenvalue weighted by Crippen LogP contribution is 2.27. The molecule has 0 aliphatic rings. The molecule has 29 heavy (non-hydrogen) atoms. The minimum Gasteiger partial charge on any atom is -0.465 e. The van der Waals surface area contributed by atoms with Crippen molar-refractivity contribution in [2.24, 2.45) is 0 Å². The molecule has 0 spiro atoms. The van der Waals surface area contributed by atoms with Gasteiger partial charge in [-0.25, -0.2) is 4.79 Å². The maximum Gasteiger partial charge on any atom is 0.340 e. The number of hydrogen-bond acceptors (Lipinski definition) is 5. The summed E-state index contributed by atoms with van der Waals surface area (Å²) < 4.78 is 4.84. The third-order valence-electron chi connectivity index (χ3n) is 4.82. The van der Waals surface area contributed by atoms with Crippen LogP contribution in [0.4, 0.5) is 5.69 Å². The number of nitrogens with zero attached hydrogens (tertiary/aromatic N) is 1. The van der Waals surface area contributed by atoms with Crippen molar-refractivity contribution in [2.45, 2.75) is 20.3 Å². The Kier molecular flexibility index (Phi) is 5.59. The second-order valence-electron chi connectivity index (χ2n) is 6.67. The predicted molar refractivity (Wildman–Crippen MR) is 107 cm³/mol. The van der Waals surface area contributed by atoms with Gasteiger partial charge in [0.05, 0.1) is 23.2 Å². The van der Waals surface area contributed by atoms with E-state index in [4.69, 9.17) is 4.74 Å². The first-order valence-electron chi connectivity index (χ1n) is 8.97. The van der Waals surface area contributed by atoms with E-state index >= 15 is 0 Å². The van der Waals surface area contributed by atoms with E-state index in [9.17, 15) is 19.7 Å². The number of para-hydroxylation sites is 1. The molecule has 1 heterocycles. The molecule has 3 aromatic rings. The van der Waals surface area contributed by atoms with Crippen LogP contribution in [-0.4, -0.2) is 28.8 Å². The van der Waals surface area contributed by atoms with Crippen molar-refractivity contribution in [1.82, 2.24) is 4.98 Å². The molecule has 0 radical (unpaired) electrons. The van der Waals surface area contributed by atoms with Crippen LogP contribution < -0.4 is 0 Å². The number of aromatic amines is 1. The summed E-state index contributed by atoms with van der Waals surface area (Å²) in [6.07, 6.45) is 0.217. The number of rotatable bonds is 6. The normalized spacial score (nSPS) is 10.6. The van der Waals surface area contributed by atoms with Crippen LogP contribution >= 0.6 is 0 Å². The zero-order valence-corrected chi connectivity index (χ0v) is 16.3. The summed E-state index contributed by atoms with van der Waals surface area (Å²) >= 11 is 0. The Hall–Kier alpha value is -3.74. The van der Waals surface area contributed by atoms with Gasteiger partial charge in [0.1, 0.15) is 0 Å². The number of aromatic nitrogens is 1. The van der Waals surface area contributed by atoms with Gasteiger partial charge in [0, 0.05) is 35.0 Å². The molecule has 0 saturated carbocycles. The summed E-state index contributed by atoms with van der Waals surface area (Å²) in [6, 6.07) is 13.4. The van der Waals surface area contributed by atoms with Gasteiger partial charge >= 0.3 is 5.97 Å². The SMILES string of the molecule is COC(=O)c1c(C)[nH]c(C)c1C(=O)c1ccccc1Cc1ccccc1[N+](=O)[O-]. The van der Waals surface area contributed by atoms with Crippen molar-refractivity contribution in [1.29, 1.82) is 0 Å². The van der Waals surface area contributed by atoms with Crippen molar-refractivity contribution in [3.63, 3.8) is 0 Å². The lowest BCUT2D eigenvalue weighted by Crippen LogP contribution is -2.13. The first-order chi connectivity index (χ1) is 13.8. The molecular formula is C22H20N2O5. The molecular weight excluding hydrogens is 372 g/mol. The van der Waals surface area contributed by atoms with Gasteiger partial charge < -0.3 is 9.72 Å². The summed E-state index contributed by atoms with van der Waals surface area (Å²) in [5.41, 5.74) is 3.10. The summed E-state index contributed by atoms with van der Waals surface area (Å²) in [5, 5.41) is 11.3. The number of esters is 1. The fourth-order valence-corrected chi connectivity index (χ4v) is 3.50. The molecule has 0 fully saturated rings. The summed E-state index contributed by atoms with van der Waals surface area (Å²) in [7, 11) is 1.26. The lowest BCUT2D eigenvalue weighted by Gasteiger charge is -2.10. The second kappa shape index (κ2) is 8.10. The maximum absolute atomic E-state index is 13.4. The van der Waals surface area contributed by atoms with Gasteiger partial charge in [0.25, 0.3) is 5.69 Å². The van der Waals surface area contributed by atoms with Gasteiger partial charge in [-0.15, -0.1) is 0 Å². The molecule has 0 aliphatic carbocycles. The molecule has 0 amide bonds. The number of ketones is 1. The van der Waals surface area contributed by atoms with Gasteiger partial charge in [0.15, 0.2) is 5.78 Å². The lowest BCUT2D eigenvalue weighted by atomic mass is 9.92. The number of carbonyl (C=O) groups excluding carboxylic acids is 2. The van der Waals surface area contributed by atoms with E-state index in [1.165, 1.54) is 13.2 Å². The zero-order valence-electron chi connectivity index (χ0n) is 16.3. The molecule has 1 aromatic heterocycles. The Bertz CT molecular complexity index is 1110. The fourth-order valence-electron chi connectivity index (χ4n) is 3.50. The quantitative estimate of drug-likeness (QED) is 0.294. The van der Waals surface area contributed by atoms with Crippen molar-refractivity contribution in [3.8, 4) is 0 Å². The van der Waals surface area contributed by atoms with E-state index < -0.39 is 10.9 Å². The number of ether oxygens (including phenoxy) is 1. The smallest absolute Gasteiger partial charge is 0.340 e. The molecule has 148 valence electrons. The van der Waals surface area contributed by atoms with Crippen molar-refractivity contribution in [3.05, 3.63) is 97.9 Å². The van der Waals surface area contributed by atoms with Gasteiger partial charge in [-0.05, 0) is 19.4 Å². The van der Waals surface area contributed by atoms with Crippen molar-refractivity contribution >= 4 is 17.4 Å². The zero-order chi connectivity index (χ0) is 21.1. The van der Waals surface area contributed by atoms with Gasteiger partial charge in [-0.2, -0.15) is 0 Å². The van der Waals surface area contributed by atoms with E-state index in [0.29, 0.717) is 28.1 Å². The predicted octanol–water partition coefficient (Wildman–Crippen LogP) is 4.15. The van der Waals surface area contributed by atoms with E-state index in [1.54, 1.807) is 56.3 Å². The number of nitro groups is 1. The standard InChI is InChI=1S/C22H20N2O5/c1-13-19(20(14(2)23-13)22(26)29-3)21(25)17-10-6-4-8-15(17)12-16-9-5-7-11-18(16)24(27)28/h4-11,23H,12H2,1-3H3. The number of carbonyl (C=O) groups is 2. The third-order valence-corrected chi connectivity index (χ3v) is 4.82. The van der Waals surface area contributed by atoms with Crippen molar-refractivity contribution < 1.29 is 19.2 Å². The average Bonchev–Trinajstić information content (AvgIpc) is 3.01. The van der Waals surface area contributed by atoms with E-state index in [2.05, 4.69) is 4.98 Å². The second-order valence-corrected chi connectivity index (χ2v) is 6.67. The molecule has 0 saturated heterocycles. The summed E-state index contributed by atoms with van der Waals surface area (Å²) in [4.78, 5) is 39.5. The highest BCUT2D eigenvalue weighted by atomic mass is 16.6. The average molecular weight is 392 g/mol. The van der Waals surface area contributed by atoms with Crippen LogP contribution in [0.1, 0.15) is 48.8 Å². The number of aryl methyl sites for hydroxylation is 2. The first kappa shape index (κ1) is 20.0. The van der Waals surface area contributed by atoms with Gasteiger partial charge in [-0.1, -0.05) is 42.5 Å². The largest absolute Gasteiger partial charge is 0.465 e. The summed E-state index contributed by atoms with van der Waals surface area (Å²) in [5.74, 6) is -0.923. The van der Waals surface area contributed by atoms with Crippen LogP contribution in [0, 0.1) is 24.0 Å². The molecule has 3 rings (SSSR count). The van der Waals surface area contributed by atoms with Crippen LogP contribution in [-0.2, 0) is 11.2 Å². The molecule has 7 heteroatoms. The van der Waals surface area contributed by atoms with Crippen LogP contribution in [0.5, 0.6) is 0 Å². The van der Waals surface area contributed by atoms with Gasteiger partial charge in [-0.3, -0.25) is 14.9 Å².